The molecule has 0 spiro atoms. The van der Waals surface area contributed by atoms with E-state index in [0.717, 1.165) is 35.8 Å². The summed E-state index contributed by atoms with van der Waals surface area (Å²) in [5, 5.41) is 0. The van der Waals surface area contributed by atoms with Gasteiger partial charge in [-0.05, 0) is 48.4 Å². The highest BCUT2D eigenvalue weighted by Crippen LogP contribution is 2.19. The highest BCUT2D eigenvalue weighted by Gasteiger charge is 1.98. The normalized spacial score (nSPS) is 10.2. The predicted octanol–water partition coefficient (Wildman–Crippen LogP) is 3.64. The number of hydrogen-bond acceptors (Lipinski definition) is 3. The lowest BCUT2D eigenvalue weighted by Crippen LogP contribution is -1.97. The fourth-order valence-electron chi connectivity index (χ4n) is 1.70. The van der Waals surface area contributed by atoms with E-state index in [9.17, 15) is 0 Å². The van der Waals surface area contributed by atoms with E-state index >= 15 is 0 Å². The third-order valence-electron chi connectivity index (χ3n) is 2.65. The van der Waals surface area contributed by atoms with Crippen molar-refractivity contribution in [3.63, 3.8) is 0 Å². The summed E-state index contributed by atoms with van der Waals surface area (Å²) in [5.74, 6) is 1.70. The molecule has 0 unspecified atom stereocenters. The van der Waals surface area contributed by atoms with Gasteiger partial charge in [-0.15, -0.1) is 0 Å². The number of rotatable bonds is 6. The van der Waals surface area contributed by atoms with E-state index in [1.54, 1.807) is 0 Å². The molecule has 3 nitrogen and oxygen atoms in total. The van der Waals surface area contributed by atoms with Crippen LogP contribution in [0.1, 0.15) is 18.9 Å². The van der Waals surface area contributed by atoms with Gasteiger partial charge in [0.05, 0.1) is 6.61 Å². The molecule has 0 heterocycles. The van der Waals surface area contributed by atoms with Crippen LogP contribution in [-0.2, 0) is 6.61 Å². The van der Waals surface area contributed by atoms with E-state index in [2.05, 4.69) is 6.92 Å². The molecule has 2 aromatic rings. The molecule has 0 aliphatic rings. The number of benzene rings is 2. The van der Waals surface area contributed by atoms with Crippen molar-refractivity contribution >= 4 is 5.69 Å². The number of anilines is 1. The summed E-state index contributed by atoms with van der Waals surface area (Å²) < 4.78 is 11.2. The van der Waals surface area contributed by atoms with Gasteiger partial charge in [0.1, 0.15) is 18.1 Å². The average Bonchev–Trinajstić information content (AvgIpc) is 2.44. The fourth-order valence-corrected chi connectivity index (χ4v) is 1.70. The predicted molar refractivity (Wildman–Crippen MR) is 77.4 cm³/mol. The summed E-state index contributed by atoms with van der Waals surface area (Å²) in [5.41, 5.74) is 7.54. The van der Waals surface area contributed by atoms with Crippen molar-refractivity contribution in [3.05, 3.63) is 54.1 Å². The van der Waals surface area contributed by atoms with E-state index in [4.69, 9.17) is 15.2 Å². The molecule has 0 saturated carbocycles. The molecule has 0 radical (unpaired) electrons. The van der Waals surface area contributed by atoms with Crippen LogP contribution in [0.5, 0.6) is 11.5 Å². The molecule has 0 saturated heterocycles. The zero-order valence-electron chi connectivity index (χ0n) is 11.1. The van der Waals surface area contributed by atoms with Gasteiger partial charge in [0.25, 0.3) is 0 Å². The first kappa shape index (κ1) is 13.3. The van der Waals surface area contributed by atoms with Crippen molar-refractivity contribution in [2.75, 3.05) is 12.3 Å². The molecular weight excluding hydrogens is 238 g/mol. The van der Waals surface area contributed by atoms with Gasteiger partial charge in [0.15, 0.2) is 0 Å². The molecule has 0 bridgehead atoms. The van der Waals surface area contributed by atoms with Gasteiger partial charge in [0.2, 0.25) is 0 Å². The molecule has 3 heteroatoms. The Kier molecular flexibility index (Phi) is 4.67. The van der Waals surface area contributed by atoms with Gasteiger partial charge in [0, 0.05) is 5.69 Å². The van der Waals surface area contributed by atoms with Crippen LogP contribution in [0.3, 0.4) is 0 Å². The smallest absolute Gasteiger partial charge is 0.120 e. The van der Waals surface area contributed by atoms with Crippen LogP contribution < -0.4 is 15.2 Å². The Bertz CT molecular complexity index is 508. The van der Waals surface area contributed by atoms with Crippen LogP contribution in [0.15, 0.2) is 48.5 Å². The molecule has 0 fully saturated rings. The Labute approximate surface area is 114 Å². The van der Waals surface area contributed by atoms with Crippen LogP contribution in [0, 0.1) is 0 Å². The van der Waals surface area contributed by atoms with Crippen LogP contribution in [0.2, 0.25) is 0 Å². The Hall–Kier alpha value is -2.16. The zero-order valence-corrected chi connectivity index (χ0v) is 11.1. The molecule has 2 aromatic carbocycles. The first-order chi connectivity index (χ1) is 9.28. The summed E-state index contributed by atoms with van der Waals surface area (Å²) in [6.07, 6.45) is 1.01. The average molecular weight is 257 g/mol. The van der Waals surface area contributed by atoms with Crippen molar-refractivity contribution in [2.45, 2.75) is 20.0 Å². The molecule has 0 aliphatic carbocycles. The van der Waals surface area contributed by atoms with Crippen LogP contribution >= 0.6 is 0 Å². The Morgan fingerprint density at radius 1 is 0.947 bits per heavy atom. The first-order valence-corrected chi connectivity index (χ1v) is 6.48. The quantitative estimate of drug-likeness (QED) is 0.803. The number of nitrogens with two attached hydrogens (primary N) is 1. The van der Waals surface area contributed by atoms with Gasteiger partial charge in [-0.25, -0.2) is 0 Å². The largest absolute Gasteiger partial charge is 0.494 e. The van der Waals surface area contributed by atoms with E-state index in [0.29, 0.717) is 6.61 Å². The minimum absolute atomic E-state index is 0.514. The van der Waals surface area contributed by atoms with Crippen LogP contribution in [-0.4, -0.2) is 6.61 Å². The SMILES string of the molecule is CCCOc1ccc(OCc2cccc(N)c2)cc1. The highest BCUT2D eigenvalue weighted by atomic mass is 16.5. The monoisotopic (exact) mass is 257 g/mol. The number of hydrogen-bond donors (Lipinski definition) is 1. The van der Waals surface area contributed by atoms with E-state index in [1.165, 1.54) is 0 Å². The van der Waals surface area contributed by atoms with Crippen molar-refractivity contribution in [1.29, 1.82) is 0 Å². The summed E-state index contributed by atoms with van der Waals surface area (Å²) >= 11 is 0. The minimum atomic E-state index is 0.514. The Morgan fingerprint density at radius 3 is 2.26 bits per heavy atom. The zero-order chi connectivity index (χ0) is 13.5. The third kappa shape index (κ3) is 4.21. The topological polar surface area (TPSA) is 44.5 Å². The van der Waals surface area contributed by atoms with E-state index in [-0.39, 0.29) is 0 Å². The van der Waals surface area contributed by atoms with Gasteiger partial charge < -0.3 is 15.2 Å². The van der Waals surface area contributed by atoms with Gasteiger partial charge in [-0.2, -0.15) is 0 Å². The van der Waals surface area contributed by atoms with Crippen LogP contribution in [0.4, 0.5) is 5.69 Å². The Morgan fingerprint density at radius 2 is 1.63 bits per heavy atom. The second-order valence-electron chi connectivity index (χ2n) is 4.35. The molecule has 0 aromatic heterocycles. The molecule has 2 N–H and O–H groups in total. The lowest BCUT2D eigenvalue weighted by Gasteiger charge is -2.08. The highest BCUT2D eigenvalue weighted by molar-refractivity contribution is 5.40. The van der Waals surface area contributed by atoms with Crippen molar-refractivity contribution in [2.24, 2.45) is 0 Å². The maximum absolute atomic E-state index is 5.72. The lowest BCUT2D eigenvalue weighted by atomic mass is 10.2. The lowest BCUT2D eigenvalue weighted by molar-refractivity contribution is 0.301. The molecule has 0 amide bonds. The first-order valence-electron chi connectivity index (χ1n) is 6.48. The standard InChI is InChI=1S/C16H19NO2/c1-2-10-18-15-6-8-16(9-7-15)19-12-13-4-3-5-14(17)11-13/h3-9,11H,2,10,12,17H2,1H3. The maximum atomic E-state index is 5.72. The molecule has 2 rings (SSSR count). The van der Waals surface area contributed by atoms with E-state index in [1.807, 2.05) is 48.5 Å². The summed E-state index contributed by atoms with van der Waals surface area (Å²) in [6.45, 7) is 3.34. The van der Waals surface area contributed by atoms with Crippen molar-refractivity contribution < 1.29 is 9.47 Å². The number of ether oxygens (including phenoxy) is 2. The van der Waals surface area contributed by atoms with Gasteiger partial charge >= 0.3 is 0 Å². The second-order valence-corrected chi connectivity index (χ2v) is 4.35. The number of nitrogen functional groups attached to an aromatic ring is 1. The van der Waals surface area contributed by atoms with Crippen molar-refractivity contribution in [3.8, 4) is 11.5 Å². The maximum Gasteiger partial charge on any atom is 0.120 e. The van der Waals surface area contributed by atoms with Gasteiger partial charge in [-0.1, -0.05) is 19.1 Å². The minimum Gasteiger partial charge on any atom is -0.494 e. The van der Waals surface area contributed by atoms with E-state index < -0.39 is 0 Å². The molecule has 100 valence electrons. The second kappa shape index (κ2) is 6.69. The summed E-state index contributed by atoms with van der Waals surface area (Å²) in [6, 6.07) is 15.4. The van der Waals surface area contributed by atoms with Crippen LogP contribution in [0.25, 0.3) is 0 Å². The molecule has 0 atom stereocenters. The summed E-state index contributed by atoms with van der Waals surface area (Å²) in [7, 11) is 0. The molecule has 0 aliphatic heterocycles. The summed E-state index contributed by atoms with van der Waals surface area (Å²) in [4.78, 5) is 0. The molecule has 19 heavy (non-hydrogen) atoms. The fraction of sp³-hybridized carbons (Fsp3) is 0.250. The van der Waals surface area contributed by atoms with Crippen molar-refractivity contribution in [1.82, 2.24) is 0 Å². The Balaban J connectivity index is 1.89. The molecular formula is C16H19NO2. The van der Waals surface area contributed by atoms with Gasteiger partial charge in [-0.3, -0.25) is 0 Å². The third-order valence-corrected chi connectivity index (χ3v) is 2.65.